The number of hydrogen-bond donors (Lipinski definition) is 1. The highest BCUT2D eigenvalue weighted by Gasteiger charge is 2.57. The van der Waals surface area contributed by atoms with Gasteiger partial charge in [0.15, 0.2) is 0 Å². The first-order valence-corrected chi connectivity index (χ1v) is 13.4. The van der Waals surface area contributed by atoms with Crippen molar-refractivity contribution in [1.29, 1.82) is 0 Å². The van der Waals surface area contributed by atoms with Gasteiger partial charge in [-0.1, -0.05) is 57.9 Å². The number of aliphatic hydroxyl groups excluding tert-OH is 1. The van der Waals surface area contributed by atoms with E-state index < -0.39 is 0 Å². The largest absolute Gasteiger partial charge is 0.393 e. The molecule has 0 bridgehead atoms. The summed E-state index contributed by atoms with van der Waals surface area (Å²) >= 11 is 0. The van der Waals surface area contributed by atoms with Gasteiger partial charge in [0, 0.05) is 7.11 Å². The summed E-state index contributed by atoms with van der Waals surface area (Å²) in [6.45, 7) is 12.4. The van der Waals surface area contributed by atoms with Crippen LogP contribution in [0.25, 0.3) is 0 Å². The summed E-state index contributed by atoms with van der Waals surface area (Å²) in [7, 11) is 1.71. The molecule has 4 rings (SSSR count). The van der Waals surface area contributed by atoms with Crippen LogP contribution < -0.4 is 0 Å². The van der Waals surface area contributed by atoms with Gasteiger partial charge in [0.2, 0.25) is 0 Å². The number of ether oxygens (including phenoxy) is 2. The minimum Gasteiger partial charge on any atom is -0.393 e. The van der Waals surface area contributed by atoms with Crippen LogP contribution >= 0.6 is 0 Å². The average Bonchev–Trinajstić information content (AvgIpc) is 3.12. The topological polar surface area (TPSA) is 38.7 Å². The van der Waals surface area contributed by atoms with Crippen LogP contribution in [0.2, 0.25) is 0 Å². The predicted octanol–water partition coefficient (Wildman–Crippen LogP) is 6.91. The zero-order chi connectivity index (χ0) is 23.1. The maximum atomic E-state index is 11.0. The minimum absolute atomic E-state index is 0.151. The molecular formula is C29H48O3. The summed E-state index contributed by atoms with van der Waals surface area (Å²) in [5, 5.41) is 11.0. The van der Waals surface area contributed by atoms with Crippen LogP contribution in [0.4, 0.5) is 0 Å². The Kier molecular flexibility index (Phi) is 7.30. The molecule has 0 amide bonds. The lowest BCUT2D eigenvalue weighted by Crippen LogP contribution is -2.47. The maximum absolute atomic E-state index is 11.0. The van der Waals surface area contributed by atoms with E-state index in [2.05, 4.69) is 46.8 Å². The van der Waals surface area contributed by atoms with Crippen LogP contribution in [-0.4, -0.2) is 31.2 Å². The fourth-order valence-corrected chi connectivity index (χ4v) is 8.21. The number of aliphatic hydroxyl groups is 1. The van der Waals surface area contributed by atoms with Crippen LogP contribution in [-0.2, 0) is 9.47 Å². The molecule has 182 valence electrons. The molecule has 3 nitrogen and oxygen atoms in total. The molecule has 4 aliphatic carbocycles. The fraction of sp³-hybridized carbons (Fsp3) is 0.862. The Hall–Kier alpha value is -0.640. The normalized spacial score (nSPS) is 40.8. The fourth-order valence-electron chi connectivity index (χ4n) is 8.21. The molecule has 3 heteroatoms. The summed E-state index contributed by atoms with van der Waals surface area (Å²) in [5.41, 5.74) is 4.00. The summed E-state index contributed by atoms with van der Waals surface area (Å²) in [5.74, 6) is 3.11. The Morgan fingerprint density at radius 2 is 1.78 bits per heavy atom. The number of fused-ring (bicyclic) bond motifs is 5. The highest BCUT2D eigenvalue weighted by Crippen LogP contribution is 2.66. The molecule has 3 fully saturated rings. The lowest BCUT2D eigenvalue weighted by molar-refractivity contribution is -0.0867. The van der Waals surface area contributed by atoms with Crippen molar-refractivity contribution >= 4 is 0 Å². The molecule has 0 aromatic carbocycles. The van der Waals surface area contributed by atoms with E-state index in [0.717, 1.165) is 25.7 Å². The SMILES string of the molecule is COCOC1CC[C@@]2(C)C(=CC=C3[C@@H]4CC[C@H]([C@H](C)C(O)CCC(C)C)[C@@]4(C)CC[C@@H]32)C1. The van der Waals surface area contributed by atoms with Crippen LogP contribution in [0.15, 0.2) is 23.3 Å². The van der Waals surface area contributed by atoms with Gasteiger partial charge in [-0.05, 0) is 98.2 Å². The predicted molar refractivity (Wildman–Crippen MR) is 131 cm³/mol. The Morgan fingerprint density at radius 1 is 1.00 bits per heavy atom. The second kappa shape index (κ2) is 9.55. The third-order valence-electron chi connectivity index (χ3n) is 10.3. The standard InChI is InChI=1S/C29H48O3/c1-19(2)7-12-27(30)20(3)24-10-11-25-23-9-8-21-17-22(32-18-31-6)13-15-28(21,4)26(23)14-16-29(24,25)5/h8-9,19-20,22,24-27,30H,7,10-18H2,1-6H3/t20-,22?,24+,25-,26-,27?,28-,29+/m0/s1. The van der Waals surface area contributed by atoms with E-state index in [9.17, 15) is 5.11 Å². The van der Waals surface area contributed by atoms with E-state index >= 15 is 0 Å². The molecule has 0 aromatic rings. The second-order valence-corrected chi connectivity index (χ2v) is 12.4. The van der Waals surface area contributed by atoms with Crippen molar-refractivity contribution in [3.05, 3.63) is 23.3 Å². The van der Waals surface area contributed by atoms with Gasteiger partial charge in [0.05, 0.1) is 12.2 Å². The minimum atomic E-state index is -0.151. The van der Waals surface area contributed by atoms with Crippen molar-refractivity contribution in [2.75, 3.05) is 13.9 Å². The van der Waals surface area contributed by atoms with Crippen molar-refractivity contribution in [2.45, 2.75) is 105 Å². The smallest absolute Gasteiger partial charge is 0.146 e. The molecule has 0 saturated heterocycles. The van der Waals surface area contributed by atoms with Crippen molar-refractivity contribution in [3.8, 4) is 0 Å². The third-order valence-corrected chi connectivity index (χ3v) is 10.3. The van der Waals surface area contributed by atoms with Gasteiger partial charge < -0.3 is 14.6 Å². The molecule has 3 saturated carbocycles. The van der Waals surface area contributed by atoms with Gasteiger partial charge in [-0.3, -0.25) is 0 Å². The Balaban J connectivity index is 1.51. The average molecular weight is 445 g/mol. The second-order valence-electron chi connectivity index (χ2n) is 12.4. The van der Waals surface area contributed by atoms with Crippen LogP contribution in [0.5, 0.6) is 0 Å². The molecule has 8 atom stereocenters. The molecule has 0 aliphatic heterocycles. The van der Waals surface area contributed by atoms with E-state index in [-0.39, 0.29) is 6.10 Å². The molecule has 0 heterocycles. The number of methoxy groups -OCH3 is 1. The van der Waals surface area contributed by atoms with Crippen LogP contribution in [0.1, 0.15) is 92.4 Å². The summed E-state index contributed by atoms with van der Waals surface area (Å²) < 4.78 is 11.1. The highest BCUT2D eigenvalue weighted by molar-refractivity contribution is 5.39. The lowest BCUT2D eigenvalue weighted by atomic mass is 9.50. The summed E-state index contributed by atoms with van der Waals surface area (Å²) in [6.07, 6.45) is 15.9. The Bertz CT molecular complexity index is 724. The summed E-state index contributed by atoms with van der Waals surface area (Å²) in [4.78, 5) is 0. The summed E-state index contributed by atoms with van der Waals surface area (Å²) in [6, 6.07) is 0. The van der Waals surface area contributed by atoms with E-state index in [4.69, 9.17) is 9.47 Å². The first kappa shape index (κ1) is 24.5. The highest BCUT2D eigenvalue weighted by atomic mass is 16.7. The van der Waals surface area contributed by atoms with Crippen molar-refractivity contribution in [3.63, 3.8) is 0 Å². The molecular weight excluding hydrogens is 396 g/mol. The maximum Gasteiger partial charge on any atom is 0.146 e. The zero-order valence-corrected chi connectivity index (χ0v) is 21.5. The van der Waals surface area contributed by atoms with Gasteiger partial charge in [0.25, 0.3) is 0 Å². The van der Waals surface area contributed by atoms with E-state index in [1.165, 1.54) is 32.1 Å². The molecule has 0 aromatic heterocycles. The van der Waals surface area contributed by atoms with E-state index in [1.807, 2.05) is 0 Å². The zero-order valence-electron chi connectivity index (χ0n) is 21.5. The number of hydrogen-bond acceptors (Lipinski definition) is 3. The van der Waals surface area contributed by atoms with Gasteiger partial charge in [-0.2, -0.15) is 0 Å². The lowest BCUT2D eigenvalue weighted by Gasteiger charge is -2.55. The van der Waals surface area contributed by atoms with Crippen LogP contribution in [0, 0.1) is 40.4 Å². The van der Waals surface area contributed by atoms with Crippen molar-refractivity contribution < 1.29 is 14.6 Å². The van der Waals surface area contributed by atoms with Gasteiger partial charge >= 0.3 is 0 Å². The van der Waals surface area contributed by atoms with Crippen LogP contribution in [0.3, 0.4) is 0 Å². The van der Waals surface area contributed by atoms with E-state index in [0.29, 0.717) is 53.3 Å². The Labute approximate surface area is 197 Å². The van der Waals surface area contributed by atoms with Crippen molar-refractivity contribution in [1.82, 2.24) is 0 Å². The molecule has 0 radical (unpaired) electrons. The van der Waals surface area contributed by atoms with E-state index in [1.54, 1.807) is 18.3 Å². The first-order chi connectivity index (χ1) is 15.2. The van der Waals surface area contributed by atoms with Gasteiger partial charge in [-0.25, -0.2) is 0 Å². The van der Waals surface area contributed by atoms with Gasteiger partial charge in [0.1, 0.15) is 6.79 Å². The first-order valence-electron chi connectivity index (χ1n) is 13.4. The monoisotopic (exact) mass is 444 g/mol. The molecule has 0 spiro atoms. The number of rotatable bonds is 8. The molecule has 4 aliphatic rings. The quantitative estimate of drug-likeness (QED) is 0.413. The number of allylic oxidation sites excluding steroid dienone is 3. The Morgan fingerprint density at radius 3 is 2.50 bits per heavy atom. The third kappa shape index (κ3) is 4.27. The molecule has 32 heavy (non-hydrogen) atoms. The molecule has 2 unspecified atom stereocenters. The molecule has 1 N–H and O–H groups in total. The van der Waals surface area contributed by atoms with Gasteiger partial charge in [-0.15, -0.1) is 0 Å². The van der Waals surface area contributed by atoms with Crippen molar-refractivity contribution in [2.24, 2.45) is 40.4 Å².